The Bertz CT molecular complexity index is 1680. The second kappa shape index (κ2) is 6.60. The summed E-state index contributed by atoms with van der Waals surface area (Å²) in [5, 5.41) is 7.33. The summed E-state index contributed by atoms with van der Waals surface area (Å²) >= 11 is 0. The van der Waals surface area contributed by atoms with Gasteiger partial charge in [0, 0.05) is 54.4 Å². The van der Waals surface area contributed by atoms with E-state index in [1.807, 2.05) is 31.2 Å². The zero-order valence-corrected chi connectivity index (χ0v) is 19.4. The molecule has 172 valence electrons. The van der Waals surface area contributed by atoms with Gasteiger partial charge in [-0.3, -0.25) is 4.79 Å². The van der Waals surface area contributed by atoms with Crippen molar-refractivity contribution in [3.05, 3.63) is 59.7 Å². The van der Waals surface area contributed by atoms with Gasteiger partial charge in [0.2, 0.25) is 0 Å². The van der Waals surface area contributed by atoms with E-state index in [2.05, 4.69) is 38.7 Å². The summed E-state index contributed by atoms with van der Waals surface area (Å²) in [6, 6.07) is 16.3. The first kappa shape index (κ1) is 20.0. The molecule has 2 aliphatic heterocycles. The van der Waals surface area contributed by atoms with Gasteiger partial charge in [0.15, 0.2) is 5.72 Å². The molecule has 2 aliphatic rings. The maximum atomic E-state index is 13.2. The molecule has 1 amide bonds. The van der Waals surface area contributed by atoms with Gasteiger partial charge in [0.25, 0.3) is 5.91 Å². The predicted molar refractivity (Wildman–Crippen MR) is 133 cm³/mol. The van der Waals surface area contributed by atoms with E-state index in [0.29, 0.717) is 13.1 Å². The van der Waals surface area contributed by atoms with Gasteiger partial charge in [-0.25, -0.2) is 0 Å². The third-order valence-corrected chi connectivity index (χ3v) is 8.00. The number of nitrogens with two attached hydrogens (primary N) is 1. The molecule has 0 aliphatic carbocycles. The number of para-hydroxylation sites is 2. The van der Waals surface area contributed by atoms with Gasteiger partial charge in [-0.05, 0) is 24.6 Å². The second-order valence-corrected chi connectivity index (χ2v) is 9.54. The van der Waals surface area contributed by atoms with Crippen molar-refractivity contribution in [2.45, 2.75) is 37.9 Å². The van der Waals surface area contributed by atoms with E-state index in [-0.39, 0.29) is 11.9 Å². The van der Waals surface area contributed by atoms with Crippen molar-refractivity contribution in [3.8, 4) is 0 Å². The normalized spacial score (nSPS) is 24.3. The molecule has 5 aromatic rings. The Morgan fingerprint density at radius 1 is 1.00 bits per heavy atom. The van der Waals surface area contributed by atoms with E-state index in [9.17, 15) is 4.79 Å². The Kier molecular flexibility index (Phi) is 3.89. The minimum atomic E-state index is -0.867. The van der Waals surface area contributed by atoms with E-state index in [1.54, 1.807) is 14.2 Å². The molecule has 7 heteroatoms. The summed E-state index contributed by atoms with van der Waals surface area (Å²) in [5.74, 6) is -0.0211. The van der Waals surface area contributed by atoms with E-state index >= 15 is 0 Å². The fourth-order valence-corrected chi connectivity index (χ4v) is 6.62. The van der Waals surface area contributed by atoms with Crippen molar-refractivity contribution in [1.29, 1.82) is 0 Å². The summed E-state index contributed by atoms with van der Waals surface area (Å²) in [6.07, 6.45) is -0.408. The average Bonchev–Trinajstić information content (AvgIpc) is 3.49. The van der Waals surface area contributed by atoms with Gasteiger partial charge >= 0.3 is 0 Å². The Morgan fingerprint density at radius 2 is 1.68 bits per heavy atom. The van der Waals surface area contributed by atoms with Crippen LogP contribution in [0.5, 0.6) is 0 Å². The SMILES string of the molecule is COC1C(N)Cn2c3ccccc3c3c4c(c5c6ccccc6n(c5c32)C1(C)OC)CNC4=O. The molecule has 3 N–H and O–H groups in total. The first-order valence-electron chi connectivity index (χ1n) is 11.6. The van der Waals surface area contributed by atoms with Crippen molar-refractivity contribution >= 4 is 49.5 Å². The number of nitrogens with zero attached hydrogens (tertiary/aromatic N) is 2. The summed E-state index contributed by atoms with van der Waals surface area (Å²) in [7, 11) is 3.41. The van der Waals surface area contributed by atoms with E-state index in [4.69, 9.17) is 15.2 Å². The van der Waals surface area contributed by atoms with Gasteiger partial charge in [0.05, 0.1) is 28.2 Å². The van der Waals surface area contributed by atoms with Gasteiger partial charge in [-0.1, -0.05) is 36.4 Å². The third kappa shape index (κ3) is 2.15. The number of carbonyl (C=O) groups is 1. The summed E-state index contributed by atoms with van der Waals surface area (Å²) < 4.78 is 16.9. The highest BCUT2D eigenvalue weighted by atomic mass is 16.6. The Balaban J connectivity index is 1.88. The quantitative estimate of drug-likeness (QED) is 0.425. The average molecular weight is 455 g/mol. The van der Waals surface area contributed by atoms with Gasteiger partial charge in [-0.15, -0.1) is 0 Å². The van der Waals surface area contributed by atoms with Crippen LogP contribution in [0.25, 0.3) is 43.6 Å². The second-order valence-electron chi connectivity index (χ2n) is 9.54. The van der Waals surface area contributed by atoms with Crippen LogP contribution in [0.1, 0.15) is 22.8 Å². The Hall–Kier alpha value is -3.39. The first-order chi connectivity index (χ1) is 16.5. The molecule has 2 aromatic heterocycles. The summed E-state index contributed by atoms with van der Waals surface area (Å²) in [4.78, 5) is 13.2. The van der Waals surface area contributed by atoms with Crippen LogP contribution in [0.3, 0.4) is 0 Å². The van der Waals surface area contributed by atoms with Gasteiger partial charge in [-0.2, -0.15) is 0 Å². The lowest BCUT2D eigenvalue weighted by molar-refractivity contribution is -0.163. The highest BCUT2D eigenvalue weighted by Crippen LogP contribution is 2.48. The molecule has 0 spiro atoms. The maximum Gasteiger partial charge on any atom is 0.252 e. The minimum Gasteiger partial charge on any atom is -0.375 e. The fourth-order valence-electron chi connectivity index (χ4n) is 6.62. The molecule has 4 heterocycles. The minimum absolute atomic E-state index is 0.0211. The van der Waals surface area contributed by atoms with Crippen molar-refractivity contribution in [3.63, 3.8) is 0 Å². The van der Waals surface area contributed by atoms with Crippen LogP contribution in [0.4, 0.5) is 0 Å². The maximum absolute atomic E-state index is 13.2. The fraction of sp³-hybridized carbons (Fsp3) is 0.296. The Morgan fingerprint density at radius 3 is 2.38 bits per heavy atom. The molecule has 0 bridgehead atoms. The molecule has 3 unspecified atom stereocenters. The van der Waals surface area contributed by atoms with Crippen molar-refractivity contribution in [2.24, 2.45) is 5.73 Å². The van der Waals surface area contributed by atoms with Crippen molar-refractivity contribution in [2.75, 3.05) is 14.2 Å². The number of carbonyl (C=O) groups excluding carboxylic acids is 1. The molecule has 3 aromatic carbocycles. The molecule has 0 fully saturated rings. The lowest BCUT2D eigenvalue weighted by Crippen LogP contribution is -2.56. The largest absolute Gasteiger partial charge is 0.375 e. The lowest BCUT2D eigenvalue weighted by Gasteiger charge is -2.42. The summed E-state index contributed by atoms with van der Waals surface area (Å²) in [5.41, 5.74) is 12.0. The number of rotatable bonds is 2. The number of nitrogens with one attached hydrogen (secondary N) is 1. The third-order valence-electron chi connectivity index (χ3n) is 8.00. The standard InChI is InChI=1S/C27H26N4O3/c1-27(34-3)25(33-2)17(28)13-30-18-10-6-4-8-14(18)21-22-16(12-29-26(22)32)20-15-9-5-7-11-19(15)31(27)24(20)23(21)30/h4-11,17,25H,12-13,28H2,1-3H3,(H,29,32). The Labute approximate surface area is 196 Å². The topological polar surface area (TPSA) is 83.4 Å². The molecule has 7 nitrogen and oxygen atoms in total. The predicted octanol–water partition coefficient (Wildman–Crippen LogP) is 3.82. The van der Waals surface area contributed by atoms with Gasteiger partial charge < -0.3 is 29.7 Å². The number of hydrogen-bond donors (Lipinski definition) is 2. The van der Waals surface area contributed by atoms with E-state index in [1.165, 1.54) is 0 Å². The molecule has 0 saturated carbocycles. The van der Waals surface area contributed by atoms with E-state index in [0.717, 1.165) is 54.7 Å². The van der Waals surface area contributed by atoms with Crippen LogP contribution in [-0.4, -0.2) is 41.4 Å². The molecular formula is C27H26N4O3. The molecule has 3 atom stereocenters. The number of aromatic nitrogens is 2. The highest BCUT2D eigenvalue weighted by Gasteiger charge is 2.45. The number of hydrogen-bond acceptors (Lipinski definition) is 4. The molecule has 34 heavy (non-hydrogen) atoms. The lowest BCUT2D eigenvalue weighted by atomic mass is 9.95. The van der Waals surface area contributed by atoms with Crippen molar-refractivity contribution in [1.82, 2.24) is 14.5 Å². The highest BCUT2D eigenvalue weighted by molar-refractivity contribution is 6.30. The van der Waals surface area contributed by atoms with Crippen LogP contribution < -0.4 is 11.1 Å². The number of amides is 1. The molecular weight excluding hydrogens is 428 g/mol. The van der Waals surface area contributed by atoms with Crippen LogP contribution in [0, 0.1) is 0 Å². The molecule has 7 rings (SSSR count). The zero-order valence-electron chi connectivity index (χ0n) is 19.4. The molecule has 0 saturated heterocycles. The summed E-state index contributed by atoms with van der Waals surface area (Å²) in [6.45, 7) is 3.09. The van der Waals surface area contributed by atoms with E-state index < -0.39 is 11.8 Å². The van der Waals surface area contributed by atoms with Crippen LogP contribution in [0.2, 0.25) is 0 Å². The zero-order chi connectivity index (χ0) is 23.4. The van der Waals surface area contributed by atoms with Crippen LogP contribution >= 0.6 is 0 Å². The monoisotopic (exact) mass is 454 g/mol. The van der Waals surface area contributed by atoms with Crippen molar-refractivity contribution < 1.29 is 14.3 Å². The number of methoxy groups -OCH3 is 2. The first-order valence-corrected chi connectivity index (χ1v) is 11.6. The smallest absolute Gasteiger partial charge is 0.252 e. The number of benzene rings is 3. The van der Waals surface area contributed by atoms with Gasteiger partial charge in [0.1, 0.15) is 6.10 Å². The number of fused-ring (bicyclic) bond motifs is 9. The van der Waals surface area contributed by atoms with Crippen LogP contribution in [0.15, 0.2) is 48.5 Å². The van der Waals surface area contributed by atoms with Crippen LogP contribution in [-0.2, 0) is 28.3 Å². The molecule has 0 radical (unpaired) electrons. The number of ether oxygens (including phenoxy) is 2.